The summed E-state index contributed by atoms with van der Waals surface area (Å²) in [5.74, 6) is -0.704. The first-order chi connectivity index (χ1) is 11.7. The number of halogens is 1. The first kappa shape index (κ1) is 14.2. The van der Waals surface area contributed by atoms with Crippen LogP contribution in [0.2, 0.25) is 0 Å². The molecule has 2 aliphatic heterocycles. The number of benzene rings is 1. The molecular weight excluding hydrogens is 315 g/mol. The van der Waals surface area contributed by atoms with Crippen molar-refractivity contribution in [2.75, 3.05) is 6.61 Å². The van der Waals surface area contributed by atoms with E-state index in [9.17, 15) is 9.18 Å². The molecule has 0 spiro atoms. The number of hydrogen-bond acceptors (Lipinski definition) is 6. The average molecular weight is 326 g/mol. The van der Waals surface area contributed by atoms with Crippen LogP contribution in [0.1, 0.15) is 11.6 Å². The standard InChI is InChI=1S/C15H11FN6O2/c16-9-2-1-3-10(12(9)24-7-5-17)22-11-8-4-6-18-13(8)20-21-14(11)19-15(22)23/h1-4,6,8,13,18H,7H2,(H,19,23). The Balaban J connectivity index is 1.94. The molecule has 1 aromatic heterocycles. The van der Waals surface area contributed by atoms with E-state index >= 15 is 0 Å². The van der Waals surface area contributed by atoms with Crippen molar-refractivity contribution in [1.82, 2.24) is 14.9 Å². The van der Waals surface area contributed by atoms with Gasteiger partial charge in [-0.25, -0.2) is 9.18 Å². The van der Waals surface area contributed by atoms with Crippen LogP contribution in [-0.4, -0.2) is 22.3 Å². The first-order valence-corrected chi connectivity index (χ1v) is 7.18. The summed E-state index contributed by atoms with van der Waals surface area (Å²) in [6.45, 7) is -0.331. The number of nitriles is 1. The lowest BCUT2D eigenvalue weighted by Gasteiger charge is -2.21. The van der Waals surface area contributed by atoms with Gasteiger partial charge in [0, 0.05) is 0 Å². The normalized spacial score (nSPS) is 20.2. The van der Waals surface area contributed by atoms with Crippen molar-refractivity contribution in [3.05, 3.63) is 52.5 Å². The third-order valence-corrected chi connectivity index (χ3v) is 3.89. The average Bonchev–Trinajstić information content (AvgIpc) is 3.16. The molecule has 0 amide bonds. The number of nitrogens with zero attached hydrogens (tertiary/aromatic N) is 4. The van der Waals surface area contributed by atoms with Crippen LogP contribution < -0.4 is 15.7 Å². The lowest BCUT2D eigenvalue weighted by atomic mass is 10.0. The second-order valence-electron chi connectivity index (χ2n) is 5.25. The Morgan fingerprint density at radius 1 is 1.46 bits per heavy atom. The molecule has 4 rings (SSSR count). The maximum atomic E-state index is 14.2. The minimum absolute atomic E-state index is 0.156. The maximum absolute atomic E-state index is 14.2. The van der Waals surface area contributed by atoms with Gasteiger partial charge in [0.2, 0.25) is 0 Å². The topological polar surface area (TPSA) is 108 Å². The quantitative estimate of drug-likeness (QED) is 0.897. The van der Waals surface area contributed by atoms with E-state index in [1.54, 1.807) is 18.3 Å². The second kappa shape index (κ2) is 5.34. The van der Waals surface area contributed by atoms with Gasteiger partial charge >= 0.3 is 5.69 Å². The summed E-state index contributed by atoms with van der Waals surface area (Å²) in [5, 5.41) is 19.8. The van der Waals surface area contributed by atoms with E-state index < -0.39 is 11.5 Å². The number of fused-ring (bicyclic) bond motifs is 3. The van der Waals surface area contributed by atoms with Gasteiger partial charge in [-0.05, 0) is 18.3 Å². The highest BCUT2D eigenvalue weighted by Crippen LogP contribution is 2.38. The van der Waals surface area contributed by atoms with Gasteiger partial charge in [0.05, 0.1) is 17.3 Å². The van der Waals surface area contributed by atoms with Crippen molar-refractivity contribution in [1.29, 1.82) is 5.26 Å². The van der Waals surface area contributed by atoms with E-state index in [0.717, 1.165) is 0 Å². The van der Waals surface area contributed by atoms with Crippen molar-refractivity contribution < 1.29 is 9.13 Å². The molecule has 3 heterocycles. The van der Waals surface area contributed by atoms with Crippen LogP contribution >= 0.6 is 0 Å². The van der Waals surface area contributed by atoms with Gasteiger partial charge in [-0.15, -0.1) is 5.11 Å². The minimum atomic E-state index is -0.654. The van der Waals surface area contributed by atoms with Gasteiger partial charge in [-0.2, -0.15) is 10.4 Å². The van der Waals surface area contributed by atoms with Crippen LogP contribution in [0.3, 0.4) is 0 Å². The van der Waals surface area contributed by atoms with Crippen LogP contribution in [0.25, 0.3) is 5.69 Å². The fourth-order valence-corrected chi connectivity index (χ4v) is 2.91. The highest BCUT2D eigenvalue weighted by atomic mass is 19.1. The number of nitrogens with one attached hydrogen (secondary N) is 2. The molecule has 0 radical (unpaired) electrons. The van der Waals surface area contributed by atoms with E-state index in [0.29, 0.717) is 11.5 Å². The molecule has 2 atom stereocenters. The minimum Gasteiger partial charge on any atom is -0.473 e. The Bertz CT molecular complexity index is 967. The van der Waals surface area contributed by atoms with Crippen LogP contribution in [0.5, 0.6) is 5.75 Å². The zero-order valence-electron chi connectivity index (χ0n) is 12.2. The number of aromatic nitrogens is 2. The molecule has 0 aliphatic carbocycles. The molecule has 8 nitrogen and oxygen atoms in total. The van der Waals surface area contributed by atoms with Crippen molar-refractivity contribution in [3.8, 4) is 17.5 Å². The van der Waals surface area contributed by atoms with E-state index in [2.05, 4.69) is 20.5 Å². The van der Waals surface area contributed by atoms with Crippen LogP contribution in [-0.2, 0) is 0 Å². The number of imidazole rings is 1. The molecule has 0 bridgehead atoms. The Morgan fingerprint density at radius 3 is 3.17 bits per heavy atom. The van der Waals surface area contributed by atoms with Crippen LogP contribution in [0.15, 0.2) is 45.5 Å². The summed E-state index contributed by atoms with van der Waals surface area (Å²) >= 11 is 0. The molecule has 1 aromatic carbocycles. The van der Waals surface area contributed by atoms with Crippen molar-refractivity contribution in [3.63, 3.8) is 0 Å². The number of H-pyrrole nitrogens is 1. The summed E-state index contributed by atoms with van der Waals surface area (Å²) in [6, 6.07) is 6.03. The van der Waals surface area contributed by atoms with Gasteiger partial charge < -0.3 is 10.1 Å². The van der Waals surface area contributed by atoms with Gasteiger partial charge in [0.1, 0.15) is 6.07 Å². The number of aromatic amines is 1. The zero-order valence-corrected chi connectivity index (χ0v) is 12.2. The molecule has 120 valence electrons. The first-order valence-electron chi connectivity index (χ1n) is 7.18. The predicted octanol–water partition coefficient (Wildman–Crippen LogP) is 1.83. The monoisotopic (exact) mass is 326 g/mol. The van der Waals surface area contributed by atoms with Gasteiger partial charge in [0.15, 0.2) is 30.2 Å². The third-order valence-electron chi connectivity index (χ3n) is 3.89. The number of para-hydroxylation sites is 1. The number of hydrogen-bond donors (Lipinski definition) is 2. The number of ether oxygens (including phenoxy) is 1. The van der Waals surface area contributed by atoms with Crippen molar-refractivity contribution in [2.45, 2.75) is 12.1 Å². The van der Waals surface area contributed by atoms with Gasteiger partial charge in [0.25, 0.3) is 0 Å². The lowest BCUT2D eigenvalue weighted by molar-refractivity contribution is 0.344. The van der Waals surface area contributed by atoms with E-state index in [-0.39, 0.29) is 30.1 Å². The highest BCUT2D eigenvalue weighted by molar-refractivity contribution is 5.54. The molecule has 24 heavy (non-hydrogen) atoms. The summed E-state index contributed by atoms with van der Waals surface area (Å²) in [5.41, 5.74) is 0.296. The second-order valence-corrected chi connectivity index (χ2v) is 5.25. The third kappa shape index (κ3) is 2.00. The molecule has 2 aromatic rings. The van der Waals surface area contributed by atoms with Crippen molar-refractivity contribution in [2.24, 2.45) is 10.2 Å². The molecule has 2 N–H and O–H groups in total. The summed E-state index contributed by atoms with van der Waals surface area (Å²) in [7, 11) is 0. The number of rotatable bonds is 3. The van der Waals surface area contributed by atoms with E-state index in [1.807, 2.05) is 6.08 Å². The Kier molecular flexibility index (Phi) is 3.16. The summed E-state index contributed by atoms with van der Waals surface area (Å²) < 4.78 is 20.7. The van der Waals surface area contributed by atoms with E-state index in [1.165, 1.54) is 16.7 Å². The molecule has 0 saturated carbocycles. The smallest absolute Gasteiger partial charge is 0.332 e. The molecule has 0 saturated heterocycles. The summed E-state index contributed by atoms with van der Waals surface area (Å²) in [4.78, 5) is 15.1. The summed E-state index contributed by atoms with van der Waals surface area (Å²) in [6.07, 6.45) is 3.29. The molecule has 2 aliphatic rings. The van der Waals surface area contributed by atoms with Crippen LogP contribution in [0, 0.1) is 17.1 Å². The lowest BCUT2D eigenvalue weighted by Crippen LogP contribution is -2.27. The fraction of sp³-hybridized carbons (Fsp3) is 0.200. The Morgan fingerprint density at radius 2 is 2.33 bits per heavy atom. The highest BCUT2D eigenvalue weighted by Gasteiger charge is 2.35. The van der Waals surface area contributed by atoms with Gasteiger partial charge in [-0.3, -0.25) is 9.55 Å². The zero-order chi connectivity index (χ0) is 16.7. The molecule has 9 heteroatoms. The fourth-order valence-electron chi connectivity index (χ4n) is 2.91. The SMILES string of the molecule is N#CCOc1c(F)cccc1-n1c2c([nH]c1=O)N=NC1NC=CC21. The largest absolute Gasteiger partial charge is 0.473 e. The van der Waals surface area contributed by atoms with E-state index in [4.69, 9.17) is 10.00 Å². The Labute approximate surface area is 134 Å². The molecular formula is C15H11FN6O2. The van der Waals surface area contributed by atoms with Crippen LogP contribution in [0.4, 0.5) is 10.2 Å². The van der Waals surface area contributed by atoms with Gasteiger partial charge in [-0.1, -0.05) is 12.1 Å². The number of azo groups is 1. The Hall–Kier alpha value is -3.41. The maximum Gasteiger partial charge on any atom is 0.332 e. The molecule has 2 unspecified atom stereocenters. The predicted molar refractivity (Wildman–Crippen MR) is 80.8 cm³/mol. The van der Waals surface area contributed by atoms with Crippen molar-refractivity contribution >= 4 is 5.82 Å². The molecule has 0 fully saturated rings.